The molecule has 0 aliphatic heterocycles. The SMILES string of the molecule is CC(CF)(CF)CC(=O)Nc1nc2ccc(Cl)nc2n1C1CCC1. The number of nitrogens with zero attached hydrogens (tertiary/aromatic N) is 3. The van der Waals surface area contributed by atoms with E-state index in [0.717, 1.165) is 19.3 Å². The average molecular weight is 357 g/mol. The Hall–Kier alpha value is -1.76. The molecule has 0 bridgehead atoms. The summed E-state index contributed by atoms with van der Waals surface area (Å²) in [5, 5.41) is 3.04. The van der Waals surface area contributed by atoms with Crippen LogP contribution >= 0.6 is 11.6 Å². The summed E-state index contributed by atoms with van der Waals surface area (Å²) in [5.74, 6) is -0.107. The first-order valence-corrected chi connectivity index (χ1v) is 8.30. The number of amides is 1. The number of aromatic nitrogens is 3. The molecule has 1 aliphatic carbocycles. The third-order valence-electron chi connectivity index (χ3n) is 4.43. The maximum absolute atomic E-state index is 13.0. The first kappa shape index (κ1) is 17.1. The summed E-state index contributed by atoms with van der Waals surface area (Å²) in [5.41, 5.74) is -0.0690. The molecule has 0 saturated heterocycles. The van der Waals surface area contributed by atoms with E-state index in [0.29, 0.717) is 22.3 Å². The number of rotatable bonds is 6. The fraction of sp³-hybridized carbons (Fsp3) is 0.562. The number of imidazole rings is 1. The maximum Gasteiger partial charge on any atom is 0.227 e. The number of hydrogen-bond acceptors (Lipinski definition) is 3. The van der Waals surface area contributed by atoms with Crippen molar-refractivity contribution in [1.29, 1.82) is 0 Å². The van der Waals surface area contributed by atoms with Crippen molar-refractivity contribution in [3.05, 3.63) is 17.3 Å². The Balaban J connectivity index is 1.90. The van der Waals surface area contributed by atoms with Gasteiger partial charge < -0.3 is 0 Å². The predicted octanol–water partition coefficient (Wildman–Crippen LogP) is 4.08. The molecule has 2 aromatic rings. The van der Waals surface area contributed by atoms with E-state index in [1.165, 1.54) is 6.92 Å². The van der Waals surface area contributed by atoms with Crippen LogP contribution in [-0.4, -0.2) is 33.8 Å². The second-order valence-electron chi connectivity index (χ2n) is 6.67. The molecule has 0 unspecified atom stereocenters. The van der Waals surface area contributed by atoms with E-state index >= 15 is 0 Å². The van der Waals surface area contributed by atoms with Crippen molar-refractivity contribution in [2.75, 3.05) is 18.7 Å². The Morgan fingerprint density at radius 2 is 2.08 bits per heavy atom. The quantitative estimate of drug-likeness (QED) is 0.793. The van der Waals surface area contributed by atoms with Gasteiger partial charge in [0.25, 0.3) is 0 Å². The number of hydrogen-bond donors (Lipinski definition) is 1. The van der Waals surface area contributed by atoms with Crippen LogP contribution in [-0.2, 0) is 4.79 Å². The molecule has 3 rings (SSSR count). The molecule has 2 aromatic heterocycles. The highest BCUT2D eigenvalue weighted by Gasteiger charge is 2.30. The molecule has 0 atom stereocenters. The van der Waals surface area contributed by atoms with Crippen molar-refractivity contribution in [2.45, 2.75) is 38.6 Å². The highest BCUT2D eigenvalue weighted by molar-refractivity contribution is 6.29. The van der Waals surface area contributed by atoms with Gasteiger partial charge in [-0.3, -0.25) is 23.5 Å². The monoisotopic (exact) mass is 356 g/mol. The van der Waals surface area contributed by atoms with Gasteiger partial charge in [-0.25, -0.2) is 9.97 Å². The van der Waals surface area contributed by atoms with Gasteiger partial charge in [0.15, 0.2) is 5.65 Å². The van der Waals surface area contributed by atoms with Crippen molar-refractivity contribution in [2.24, 2.45) is 5.41 Å². The fourth-order valence-electron chi connectivity index (χ4n) is 2.72. The summed E-state index contributed by atoms with van der Waals surface area (Å²) in [4.78, 5) is 20.9. The van der Waals surface area contributed by atoms with Crippen LogP contribution in [0.2, 0.25) is 5.15 Å². The zero-order valence-electron chi connectivity index (χ0n) is 13.4. The normalized spacial score (nSPS) is 15.5. The zero-order chi connectivity index (χ0) is 17.3. The van der Waals surface area contributed by atoms with Crippen LogP contribution in [0.1, 0.15) is 38.6 Å². The number of halogens is 3. The smallest absolute Gasteiger partial charge is 0.227 e. The summed E-state index contributed by atoms with van der Waals surface area (Å²) < 4.78 is 27.8. The lowest BCUT2D eigenvalue weighted by molar-refractivity contribution is -0.118. The average Bonchev–Trinajstić information content (AvgIpc) is 2.83. The third kappa shape index (κ3) is 3.22. The van der Waals surface area contributed by atoms with E-state index in [2.05, 4.69) is 15.3 Å². The molecule has 130 valence electrons. The van der Waals surface area contributed by atoms with E-state index in [9.17, 15) is 13.6 Å². The molecule has 0 aromatic carbocycles. The number of anilines is 1. The molecule has 1 N–H and O–H groups in total. The second kappa shape index (κ2) is 6.63. The van der Waals surface area contributed by atoms with Crippen LogP contribution in [0.4, 0.5) is 14.7 Å². The van der Waals surface area contributed by atoms with Crippen LogP contribution in [0.25, 0.3) is 11.2 Å². The van der Waals surface area contributed by atoms with Gasteiger partial charge in [-0.1, -0.05) is 18.5 Å². The van der Waals surface area contributed by atoms with Crippen molar-refractivity contribution >= 4 is 34.6 Å². The molecule has 2 heterocycles. The lowest BCUT2D eigenvalue weighted by Gasteiger charge is -2.29. The number of pyridine rings is 1. The molecule has 24 heavy (non-hydrogen) atoms. The van der Waals surface area contributed by atoms with Crippen LogP contribution in [0.3, 0.4) is 0 Å². The Bertz CT molecular complexity index is 756. The van der Waals surface area contributed by atoms with Gasteiger partial charge in [-0.15, -0.1) is 0 Å². The lowest BCUT2D eigenvalue weighted by atomic mass is 9.90. The third-order valence-corrected chi connectivity index (χ3v) is 4.64. The molecule has 1 aliphatic rings. The van der Waals surface area contributed by atoms with E-state index in [4.69, 9.17) is 11.6 Å². The summed E-state index contributed by atoms with van der Waals surface area (Å²) in [7, 11) is 0. The van der Waals surface area contributed by atoms with E-state index < -0.39 is 24.7 Å². The molecule has 1 fully saturated rings. The molecule has 1 saturated carbocycles. The van der Waals surface area contributed by atoms with Crippen LogP contribution < -0.4 is 5.32 Å². The molecule has 8 heteroatoms. The standard InChI is InChI=1S/C16H19ClF2N4O/c1-16(8-18,9-19)7-13(24)22-15-20-11-5-6-12(17)21-14(11)23(15)10-3-2-4-10/h5-6,10H,2-4,7-9H2,1H3,(H,20,22,24). The zero-order valence-corrected chi connectivity index (χ0v) is 14.1. The minimum atomic E-state index is -1.31. The fourth-order valence-corrected chi connectivity index (χ4v) is 2.86. The van der Waals surface area contributed by atoms with Gasteiger partial charge in [0, 0.05) is 17.9 Å². The molecular weight excluding hydrogens is 338 g/mol. The Morgan fingerprint density at radius 1 is 1.38 bits per heavy atom. The maximum atomic E-state index is 13.0. The summed E-state index contributed by atoms with van der Waals surface area (Å²) >= 11 is 5.97. The van der Waals surface area contributed by atoms with Gasteiger partial charge in [-0.05, 0) is 31.4 Å². The lowest BCUT2D eigenvalue weighted by Crippen LogP contribution is -2.30. The molecule has 5 nitrogen and oxygen atoms in total. The van der Waals surface area contributed by atoms with Gasteiger partial charge in [0.05, 0.1) is 13.3 Å². The molecular formula is C16H19ClF2N4O. The summed E-state index contributed by atoms with van der Waals surface area (Å²) in [6, 6.07) is 3.57. The molecule has 0 spiro atoms. The highest BCUT2D eigenvalue weighted by atomic mass is 35.5. The van der Waals surface area contributed by atoms with Crippen LogP contribution in [0.5, 0.6) is 0 Å². The Morgan fingerprint density at radius 3 is 2.67 bits per heavy atom. The molecule has 1 amide bonds. The topological polar surface area (TPSA) is 59.8 Å². The highest BCUT2D eigenvalue weighted by Crippen LogP contribution is 2.37. The largest absolute Gasteiger partial charge is 0.296 e. The minimum absolute atomic E-state index is 0.199. The van der Waals surface area contributed by atoms with E-state index in [1.54, 1.807) is 12.1 Å². The Kier molecular flexibility index (Phi) is 4.71. The van der Waals surface area contributed by atoms with Gasteiger partial charge >= 0.3 is 0 Å². The van der Waals surface area contributed by atoms with Crippen molar-refractivity contribution < 1.29 is 13.6 Å². The van der Waals surface area contributed by atoms with Crippen LogP contribution in [0, 0.1) is 5.41 Å². The van der Waals surface area contributed by atoms with Crippen LogP contribution in [0.15, 0.2) is 12.1 Å². The Labute approximate surface area is 143 Å². The first-order valence-electron chi connectivity index (χ1n) is 7.92. The molecule has 0 radical (unpaired) electrons. The predicted molar refractivity (Wildman–Crippen MR) is 88.7 cm³/mol. The van der Waals surface area contributed by atoms with E-state index in [-0.39, 0.29) is 12.5 Å². The summed E-state index contributed by atoms with van der Waals surface area (Å²) in [6.45, 7) is -0.386. The number of carbonyl (C=O) groups excluding carboxylic acids is 1. The number of fused-ring (bicyclic) bond motifs is 1. The first-order chi connectivity index (χ1) is 11.5. The van der Waals surface area contributed by atoms with Gasteiger partial charge in [-0.2, -0.15) is 0 Å². The number of carbonyl (C=O) groups is 1. The number of nitrogens with one attached hydrogen (secondary N) is 1. The summed E-state index contributed by atoms with van der Waals surface area (Å²) in [6.07, 6.45) is 2.78. The van der Waals surface area contributed by atoms with Crippen molar-refractivity contribution in [3.63, 3.8) is 0 Å². The number of alkyl halides is 2. The van der Waals surface area contributed by atoms with Gasteiger partial charge in [0.1, 0.15) is 10.7 Å². The van der Waals surface area contributed by atoms with Crippen molar-refractivity contribution in [1.82, 2.24) is 14.5 Å². The van der Waals surface area contributed by atoms with E-state index in [1.807, 2.05) is 4.57 Å². The minimum Gasteiger partial charge on any atom is -0.296 e. The second-order valence-corrected chi connectivity index (χ2v) is 7.06. The van der Waals surface area contributed by atoms with Crippen molar-refractivity contribution in [3.8, 4) is 0 Å². The van der Waals surface area contributed by atoms with Gasteiger partial charge in [0.2, 0.25) is 11.9 Å².